The van der Waals surface area contributed by atoms with Crippen LogP contribution < -0.4 is 10.1 Å². The van der Waals surface area contributed by atoms with E-state index in [0.717, 1.165) is 6.07 Å². The summed E-state index contributed by atoms with van der Waals surface area (Å²) >= 11 is 5.94. The Labute approximate surface area is 137 Å². The molecule has 2 aromatic carbocycles. The number of methoxy groups -OCH3 is 2. The van der Waals surface area contributed by atoms with Crippen LogP contribution in [0.1, 0.15) is 15.9 Å². The molecular weight excluding hydrogens is 323 g/mol. The van der Waals surface area contributed by atoms with Gasteiger partial charge in [-0.2, -0.15) is 0 Å². The van der Waals surface area contributed by atoms with Crippen molar-refractivity contribution in [2.45, 2.75) is 0 Å². The summed E-state index contributed by atoms with van der Waals surface area (Å²) in [6.07, 6.45) is 0. The molecule has 0 saturated carbocycles. The number of esters is 1. The Morgan fingerprint density at radius 1 is 1.22 bits per heavy atom. The van der Waals surface area contributed by atoms with Crippen LogP contribution in [-0.4, -0.2) is 26.0 Å². The topological polar surface area (TPSA) is 71.4 Å². The van der Waals surface area contributed by atoms with E-state index in [2.05, 4.69) is 10.1 Å². The third-order valence-electron chi connectivity index (χ3n) is 3.08. The average molecular weight is 337 g/mol. The molecule has 2 rings (SSSR count). The molecule has 0 bridgehead atoms. The van der Waals surface area contributed by atoms with Gasteiger partial charge in [-0.3, -0.25) is 5.41 Å². The second-order valence-electron chi connectivity index (χ2n) is 4.53. The van der Waals surface area contributed by atoms with Gasteiger partial charge in [-0.05, 0) is 36.4 Å². The van der Waals surface area contributed by atoms with Gasteiger partial charge >= 0.3 is 5.97 Å². The van der Waals surface area contributed by atoms with Crippen molar-refractivity contribution in [3.63, 3.8) is 0 Å². The van der Waals surface area contributed by atoms with Crippen LogP contribution in [0, 0.1) is 11.2 Å². The van der Waals surface area contributed by atoms with Gasteiger partial charge < -0.3 is 14.8 Å². The average Bonchev–Trinajstić information content (AvgIpc) is 2.53. The predicted octanol–water partition coefficient (Wildman–Crippen LogP) is 3.71. The van der Waals surface area contributed by atoms with Crippen LogP contribution >= 0.6 is 11.6 Å². The summed E-state index contributed by atoms with van der Waals surface area (Å²) in [4.78, 5) is 11.6. The first kappa shape index (κ1) is 16.8. The number of benzene rings is 2. The smallest absolute Gasteiger partial charge is 0.337 e. The Morgan fingerprint density at radius 2 is 1.96 bits per heavy atom. The van der Waals surface area contributed by atoms with E-state index in [9.17, 15) is 9.18 Å². The number of nitrogens with one attached hydrogen (secondary N) is 2. The number of rotatable bonds is 4. The lowest BCUT2D eigenvalue weighted by Crippen LogP contribution is -2.14. The summed E-state index contributed by atoms with van der Waals surface area (Å²) in [6.45, 7) is 0. The molecule has 0 aliphatic carbocycles. The molecule has 0 fully saturated rings. The lowest BCUT2D eigenvalue weighted by atomic mass is 10.1. The van der Waals surface area contributed by atoms with Crippen molar-refractivity contribution in [1.82, 2.24) is 0 Å². The molecule has 120 valence electrons. The van der Waals surface area contributed by atoms with E-state index < -0.39 is 11.8 Å². The highest BCUT2D eigenvalue weighted by molar-refractivity contribution is 6.34. The fraction of sp³-hybridized carbons (Fsp3) is 0.125. The molecule has 0 heterocycles. The van der Waals surface area contributed by atoms with E-state index in [1.165, 1.54) is 32.4 Å². The van der Waals surface area contributed by atoms with Crippen molar-refractivity contribution in [2.24, 2.45) is 0 Å². The summed E-state index contributed by atoms with van der Waals surface area (Å²) < 4.78 is 22.9. The van der Waals surface area contributed by atoms with Gasteiger partial charge in [0.15, 0.2) is 0 Å². The number of anilines is 1. The number of carbonyl (C=O) groups is 1. The van der Waals surface area contributed by atoms with Crippen LogP contribution in [0.25, 0.3) is 0 Å². The lowest BCUT2D eigenvalue weighted by Gasteiger charge is -2.14. The van der Waals surface area contributed by atoms with Gasteiger partial charge in [0.2, 0.25) is 0 Å². The minimum Gasteiger partial charge on any atom is -0.495 e. The highest BCUT2D eigenvalue weighted by atomic mass is 35.5. The highest BCUT2D eigenvalue weighted by Gasteiger charge is 2.14. The van der Waals surface area contributed by atoms with Crippen molar-refractivity contribution in [2.75, 3.05) is 19.5 Å². The summed E-state index contributed by atoms with van der Waals surface area (Å²) in [7, 11) is 2.74. The lowest BCUT2D eigenvalue weighted by molar-refractivity contribution is 0.0601. The van der Waals surface area contributed by atoms with Gasteiger partial charge in [0.25, 0.3) is 0 Å². The maximum Gasteiger partial charge on any atom is 0.337 e. The molecular formula is C16H14ClFN2O3. The van der Waals surface area contributed by atoms with Crippen molar-refractivity contribution < 1.29 is 18.7 Å². The first-order chi connectivity index (χ1) is 11.0. The Hall–Kier alpha value is -2.60. The standard InChI is InChI=1S/C16H14ClFN2O3/c1-22-14-6-3-9(16(21)23-2)7-13(14)20-15(19)11-5-4-10(18)8-12(11)17/h3-8H,1-2H3,(H2,19,20). The maximum atomic E-state index is 13.1. The predicted molar refractivity (Wildman–Crippen MR) is 86.2 cm³/mol. The third kappa shape index (κ3) is 3.78. The van der Waals surface area contributed by atoms with E-state index in [1.807, 2.05) is 0 Å². The molecule has 0 amide bonds. The minimum atomic E-state index is -0.512. The monoisotopic (exact) mass is 336 g/mol. The molecule has 0 unspecified atom stereocenters. The zero-order valence-electron chi connectivity index (χ0n) is 12.4. The minimum absolute atomic E-state index is 0.0599. The van der Waals surface area contributed by atoms with Crippen LogP contribution in [0.15, 0.2) is 36.4 Å². The molecule has 0 radical (unpaired) electrons. The van der Waals surface area contributed by atoms with E-state index in [-0.39, 0.29) is 10.9 Å². The zero-order chi connectivity index (χ0) is 17.0. The van der Waals surface area contributed by atoms with Crippen LogP contribution in [0.3, 0.4) is 0 Å². The van der Waals surface area contributed by atoms with Crippen LogP contribution in [0.4, 0.5) is 10.1 Å². The highest BCUT2D eigenvalue weighted by Crippen LogP contribution is 2.27. The molecule has 7 heteroatoms. The largest absolute Gasteiger partial charge is 0.495 e. The molecule has 0 aromatic heterocycles. The van der Waals surface area contributed by atoms with E-state index in [0.29, 0.717) is 22.6 Å². The third-order valence-corrected chi connectivity index (χ3v) is 3.39. The van der Waals surface area contributed by atoms with Gasteiger partial charge in [0, 0.05) is 5.56 Å². The van der Waals surface area contributed by atoms with Crippen molar-refractivity contribution >= 4 is 29.1 Å². The molecule has 0 spiro atoms. The van der Waals surface area contributed by atoms with E-state index in [1.54, 1.807) is 12.1 Å². The first-order valence-electron chi connectivity index (χ1n) is 6.53. The molecule has 0 aliphatic heterocycles. The molecule has 2 N–H and O–H groups in total. The van der Waals surface area contributed by atoms with E-state index >= 15 is 0 Å². The van der Waals surface area contributed by atoms with E-state index in [4.69, 9.17) is 21.7 Å². The summed E-state index contributed by atoms with van der Waals surface area (Å²) in [5, 5.41) is 11.0. The van der Waals surface area contributed by atoms with Crippen molar-refractivity contribution in [3.8, 4) is 5.75 Å². The number of hydrogen-bond acceptors (Lipinski definition) is 4. The Morgan fingerprint density at radius 3 is 2.57 bits per heavy atom. The van der Waals surface area contributed by atoms with Crippen LogP contribution in [0.5, 0.6) is 5.75 Å². The van der Waals surface area contributed by atoms with Gasteiger partial charge in [-0.25, -0.2) is 9.18 Å². The maximum absolute atomic E-state index is 13.1. The Bertz CT molecular complexity index is 765. The number of amidine groups is 1. The summed E-state index contributed by atoms with van der Waals surface area (Å²) in [5.41, 5.74) is 1.01. The van der Waals surface area contributed by atoms with Crippen molar-refractivity contribution in [1.29, 1.82) is 5.41 Å². The molecule has 0 aliphatic rings. The molecule has 0 atom stereocenters. The second kappa shape index (κ2) is 7.11. The summed E-state index contributed by atoms with van der Waals surface area (Å²) in [5.74, 6) is -0.630. The normalized spacial score (nSPS) is 10.1. The fourth-order valence-electron chi connectivity index (χ4n) is 1.94. The number of carbonyl (C=O) groups excluding carboxylic acids is 1. The molecule has 2 aromatic rings. The molecule has 5 nitrogen and oxygen atoms in total. The van der Waals surface area contributed by atoms with Gasteiger partial charge in [0.05, 0.1) is 30.5 Å². The molecule has 23 heavy (non-hydrogen) atoms. The quantitative estimate of drug-likeness (QED) is 0.507. The van der Waals surface area contributed by atoms with Gasteiger partial charge in [0.1, 0.15) is 17.4 Å². The number of hydrogen-bond donors (Lipinski definition) is 2. The second-order valence-corrected chi connectivity index (χ2v) is 4.94. The number of ether oxygens (including phenoxy) is 2. The summed E-state index contributed by atoms with van der Waals surface area (Å²) in [6, 6.07) is 8.34. The van der Waals surface area contributed by atoms with Crippen LogP contribution in [-0.2, 0) is 4.74 Å². The Balaban J connectivity index is 2.34. The van der Waals surface area contributed by atoms with Crippen LogP contribution in [0.2, 0.25) is 5.02 Å². The SMILES string of the molecule is COC(=O)c1ccc(OC)c(NC(=N)c2ccc(F)cc2Cl)c1. The zero-order valence-corrected chi connectivity index (χ0v) is 13.2. The van der Waals surface area contributed by atoms with Gasteiger partial charge in [-0.1, -0.05) is 11.6 Å². The van der Waals surface area contributed by atoms with Gasteiger partial charge in [-0.15, -0.1) is 0 Å². The van der Waals surface area contributed by atoms with Crippen molar-refractivity contribution in [3.05, 3.63) is 58.4 Å². The Kier molecular flexibility index (Phi) is 5.18. The molecule has 0 saturated heterocycles. The fourth-order valence-corrected chi connectivity index (χ4v) is 2.21. The number of halogens is 2. The first-order valence-corrected chi connectivity index (χ1v) is 6.91.